The lowest BCUT2D eigenvalue weighted by Gasteiger charge is -2.38. The van der Waals surface area contributed by atoms with Crippen molar-refractivity contribution in [1.82, 2.24) is 19.9 Å². The number of ether oxygens (including phenoxy) is 1. The predicted octanol–water partition coefficient (Wildman–Crippen LogP) is 3.27. The van der Waals surface area contributed by atoms with Crippen LogP contribution >= 0.6 is 0 Å². The van der Waals surface area contributed by atoms with Gasteiger partial charge in [-0.1, -0.05) is 0 Å². The molecule has 2 atom stereocenters. The average molecular weight is 523 g/mol. The molecule has 2 unspecified atom stereocenters. The Morgan fingerprint density at radius 3 is 2.71 bits per heavy atom. The van der Waals surface area contributed by atoms with Crippen molar-refractivity contribution in [3.8, 4) is 17.0 Å². The lowest BCUT2D eigenvalue weighted by molar-refractivity contribution is 0.173. The van der Waals surface area contributed by atoms with E-state index in [1.165, 1.54) is 6.07 Å². The van der Waals surface area contributed by atoms with Crippen molar-refractivity contribution in [2.45, 2.75) is 44.9 Å². The second kappa shape index (κ2) is 10.1. The van der Waals surface area contributed by atoms with Gasteiger partial charge in [-0.3, -0.25) is 9.88 Å². The zero-order valence-corrected chi connectivity index (χ0v) is 21.6. The highest BCUT2D eigenvalue weighted by Crippen LogP contribution is 2.39. The highest BCUT2D eigenvalue weighted by atomic mass is 19.1. The number of benzene rings is 1. The highest BCUT2D eigenvalue weighted by molar-refractivity contribution is 5.72. The van der Waals surface area contributed by atoms with Crippen LogP contribution in [0.1, 0.15) is 31.8 Å². The molecule has 3 aliphatic rings. The molecule has 2 fully saturated rings. The van der Waals surface area contributed by atoms with Gasteiger partial charge in [0.05, 0.1) is 42.8 Å². The van der Waals surface area contributed by atoms with Crippen LogP contribution in [0, 0.1) is 11.6 Å². The fourth-order valence-corrected chi connectivity index (χ4v) is 5.79. The number of rotatable bonds is 5. The summed E-state index contributed by atoms with van der Waals surface area (Å²) in [6.07, 6.45) is 3.88. The first-order chi connectivity index (χ1) is 18.4. The molecule has 6 rings (SSSR count). The lowest BCUT2D eigenvalue weighted by Crippen LogP contribution is -2.50. The molecule has 1 aromatic carbocycles. The monoisotopic (exact) mass is 522 g/mol. The molecule has 2 aromatic heterocycles. The van der Waals surface area contributed by atoms with E-state index in [1.54, 1.807) is 6.07 Å². The summed E-state index contributed by atoms with van der Waals surface area (Å²) in [6, 6.07) is 7.50. The van der Waals surface area contributed by atoms with E-state index in [0.29, 0.717) is 42.7 Å². The Kier molecular flexibility index (Phi) is 6.61. The van der Waals surface area contributed by atoms with E-state index >= 15 is 0 Å². The Labute approximate surface area is 220 Å². The molecule has 3 aliphatic heterocycles. The third kappa shape index (κ3) is 4.78. The number of anilines is 2. The maximum absolute atomic E-state index is 15.0. The minimum atomic E-state index is -0.611. The standard InChI is InChI=1S/C28H32F2N6O2/c1-17(2)36-7-8-38-28-23(29)9-18(10-25(28)36)27-24(30)14-32-26(33-27)11-19-3-4-20(13-31-19)34-5-6-35-16-22(37)12-21(35)15-34/h3-4,9-10,13-14,17,21-22,37H,5-8,11-12,15-16H2,1-2H3. The smallest absolute Gasteiger partial charge is 0.178 e. The molecule has 8 nitrogen and oxygen atoms in total. The van der Waals surface area contributed by atoms with Crippen LogP contribution < -0.4 is 14.5 Å². The van der Waals surface area contributed by atoms with Gasteiger partial charge in [-0.25, -0.2) is 18.7 Å². The molecule has 38 heavy (non-hydrogen) atoms. The fourth-order valence-electron chi connectivity index (χ4n) is 5.79. The molecule has 0 spiro atoms. The Balaban J connectivity index is 1.21. The number of hydrogen-bond donors (Lipinski definition) is 1. The van der Waals surface area contributed by atoms with E-state index in [2.05, 4.69) is 24.8 Å². The van der Waals surface area contributed by atoms with E-state index < -0.39 is 11.6 Å². The normalized spacial score (nSPS) is 21.4. The van der Waals surface area contributed by atoms with E-state index in [0.717, 1.165) is 50.2 Å². The summed E-state index contributed by atoms with van der Waals surface area (Å²) in [5.74, 6) is -0.545. The van der Waals surface area contributed by atoms with Crippen molar-refractivity contribution >= 4 is 11.4 Å². The van der Waals surface area contributed by atoms with Crippen molar-refractivity contribution in [2.24, 2.45) is 0 Å². The van der Waals surface area contributed by atoms with Gasteiger partial charge in [0.1, 0.15) is 18.1 Å². The quantitative estimate of drug-likeness (QED) is 0.547. The molecule has 5 heterocycles. The van der Waals surface area contributed by atoms with Crippen LogP contribution in [-0.2, 0) is 6.42 Å². The van der Waals surface area contributed by atoms with Crippen molar-refractivity contribution in [1.29, 1.82) is 0 Å². The van der Waals surface area contributed by atoms with Crippen molar-refractivity contribution in [2.75, 3.05) is 49.1 Å². The molecule has 1 N–H and O–H groups in total. The Bertz CT molecular complexity index is 1320. The number of nitrogens with zero attached hydrogens (tertiary/aromatic N) is 6. The second-order valence-corrected chi connectivity index (χ2v) is 10.6. The summed E-state index contributed by atoms with van der Waals surface area (Å²) in [7, 11) is 0. The number of halogens is 2. The van der Waals surface area contributed by atoms with E-state index in [9.17, 15) is 13.9 Å². The molecule has 0 amide bonds. The van der Waals surface area contributed by atoms with E-state index in [-0.39, 0.29) is 23.6 Å². The first-order valence-corrected chi connectivity index (χ1v) is 13.2. The molecular weight excluding hydrogens is 490 g/mol. The van der Waals surface area contributed by atoms with Crippen LogP contribution in [0.3, 0.4) is 0 Å². The lowest BCUT2D eigenvalue weighted by atomic mass is 10.1. The van der Waals surface area contributed by atoms with Crippen molar-refractivity contribution < 1.29 is 18.6 Å². The van der Waals surface area contributed by atoms with Gasteiger partial charge in [0.15, 0.2) is 17.4 Å². The predicted molar refractivity (Wildman–Crippen MR) is 141 cm³/mol. The van der Waals surface area contributed by atoms with Crippen LogP contribution in [0.25, 0.3) is 11.3 Å². The molecular formula is C28H32F2N6O2. The van der Waals surface area contributed by atoms with Gasteiger partial charge in [0, 0.05) is 49.5 Å². The Morgan fingerprint density at radius 2 is 1.92 bits per heavy atom. The average Bonchev–Trinajstić information content (AvgIpc) is 3.29. The molecule has 0 aliphatic carbocycles. The topological polar surface area (TPSA) is 77.9 Å². The first-order valence-electron chi connectivity index (χ1n) is 13.2. The van der Waals surface area contributed by atoms with Gasteiger partial charge in [-0.15, -0.1) is 0 Å². The SMILES string of the molecule is CC(C)N1CCOc2c(F)cc(-c3nc(Cc4ccc(N5CCN6CC(O)CC6C5)cn4)ncc3F)cc21. The molecule has 0 radical (unpaired) electrons. The molecule has 0 bridgehead atoms. The van der Waals surface area contributed by atoms with Crippen molar-refractivity contribution in [3.63, 3.8) is 0 Å². The third-order valence-electron chi connectivity index (χ3n) is 7.71. The van der Waals surface area contributed by atoms with Crippen LogP contribution in [-0.4, -0.2) is 82.5 Å². The van der Waals surface area contributed by atoms with Gasteiger partial charge in [-0.2, -0.15) is 0 Å². The summed E-state index contributed by atoms with van der Waals surface area (Å²) in [5, 5.41) is 9.97. The number of pyridine rings is 1. The highest BCUT2D eigenvalue weighted by Gasteiger charge is 2.35. The van der Waals surface area contributed by atoms with Crippen LogP contribution in [0.4, 0.5) is 20.2 Å². The number of hydrogen-bond acceptors (Lipinski definition) is 8. The summed E-state index contributed by atoms with van der Waals surface area (Å²) in [4.78, 5) is 20.0. The molecule has 2 saturated heterocycles. The number of aliphatic hydroxyl groups is 1. The van der Waals surface area contributed by atoms with Crippen molar-refractivity contribution in [3.05, 3.63) is 59.8 Å². The minimum Gasteiger partial charge on any atom is -0.486 e. The first kappa shape index (κ1) is 24.9. The molecule has 0 saturated carbocycles. The van der Waals surface area contributed by atoms with Gasteiger partial charge in [0.25, 0.3) is 0 Å². The zero-order chi connectivity index (χ0) is 26.4. The van der Waals surface area contributed by atoms with E-state index in [4.69, 9.17) is 4.74 Å². The van der Waals surface area contributed by atoms with Gasteiger partial charge < -0.3 is 19.6 Å². The minimum absolute atomic E-state index is 0.0548. The summed E-state index contributed by atoms with van der Waals surface area (Å²) in [6.45, 7) is 8.55. The number of aliphatic hydroxyl groups excluding tert-OH is 1. The van der Waals surface area contributed by atoms with Gasteiger partial charge >= 0.3 is 0 Å². The van der Waals surface area contributed by atoms with Crippen LogP contribution in [0.15, 0.2) is 36.7 Å². The number of aromatic nitrogens is 3. The van der Waals surface area contributed by atoms with Crippen LogP contribution in [0.5, 0.6) is 5.75 Å². The maximum atomic E-state index is 15.0. The zero-order valence-electron chi connectivity index (χ0n) is 21.6. The van der Waals surface area contributed by atoms with Gasteiger partial charge in [0.2, 0.25) is 0 Å². The summed E-state index contributed by atoms with van der Waals surface area (Å²) in [5.41, 5.74) is 2.80. The van der Waals surface area contributed by atoms with Crippen LogP contribution in [0.2, 0.25) is 0 Å². The second-order valence-electron chi connectivity index (χ2n) is 10.6. The summed E-state index contributed by atoms with van der Waals surface area (Å²) < 4.78 is 35.4. The summed E-state index contributed by atoms with van der Waals surface area (Å²) >= 11 is 0. The Hall–Kier alpha value is -3.37. The maximum Gasteiger partial charge on any atom is 0.178 e. The molecule has 3 aromatic rings. The molecule has 10 heteroatoms. The fraction of sp³-hybridized carbons (Fsp3) is 0.464. The Morgan fingerprint density at radius 1 is 1.05 bits per heavy atom. The molecule has 200 valence electrons. The largest absolute Gasteiger partial charge is 0.486 e. The van der Waals surface area contributed by atoms with E-state index in [1.807, 2.05) is 37.1 Å². The number of fused-ring (bicyclic) bond motifs is 2. The van der Waals surface area contributed by atoms with Gasteiger partial charge in [-0.05, 0) is 44.5 Å². The number of piperazine rings is 1. The third-order valence-corrected chi connectivity index (χ3v) is 7.71.